The van der Waals surface area contributed by atoms with Crippen LogP contribution in [0.25, 0.3) is 0 Å². The van der Waals surface area contributed by atoms with Gasteiger partial charge in [0.05, 0.1) is 16.5 Å². The summed E-state index contributed by atoms with van der Waals surface area (Å²) in [7, 11) is 0. The van der Waals surface area contributed by atoms with Gasteiger partial charge in [0, 0.05) is 24.7 Å². The predicted molar refractivity (Wildman–Crippen MR) is 111 cm³/mol. The number of aryl methyl sites for hydroxylation is 1. The summed E-state index contributed by atoms with van der Waals surface area (Å²) >= 11 is 1.16. The number of nitrogens with one attached hydrogen (secondary N) is 1. The fraction of sp³-hybridized carbons (Fsp3) is 0.286. The predicted octanol–water partition coefficient (Wildman–Crippen LogP) is 3.26. The number of imide groups is 1. The van der Waals surface area contributed by atoms with Gasteiger partial charge in [-0.1, -0.05) is 11.8 Å². The molecule has 29 heavy (non-hydrogen) atoms. The number of nitrogens with zero attached hydrogens (tertiary/aromatic N) is 3. The van der Waals surface area contributed by atoms with Crippen LogP contribution in [-0.2, 0) is 14.4 Å². The van der Waals surface area contributed by atoms with Gasteiger partial charge in [-0.3, -0.25) is 14.4 Å². The molecular formula is C21H20N4O3S. The van der Waals surface area contributed by atoms with Gasteiger partial charge in [-0.15, -0.1) is 0 Å². The second kappa shape index (κ2) is 8.05. The Balaban J connectivity index is 1.85. The van der Waals surface area contributed by atoms with Gasteiger partial charge in [-0.2, -0.15) is 5.26 Å². The Morgan fingerprint density at radius 3 is 2.45 bits per heavy atom. The topological polar surface area (TPSA) is 103 Å². The fourth-order valence-corrected chi connectivity index (χ4v) is 4.34. The molecular weight excluding hydrogens is 388 g/mol. The van der Waals surface area contributed by atoms with Gasteiger partial charge in [-0.05, 0) is 56.2 Å². The number of carbonyl (C=O) groups excluding carboxylic acids is 3. The second-order valence-corrected chi connectivity index (χ2v) is 8.04. The largest absolute Gasteiger partial charge is 0.326 e. The molecule has 1 N–H and O–H groups in total. The molecule has 8 heteroatoms. The molecule has 0 bridgehead atoms. The Hall–Kier alpha value is -3.18. The lowest BCUT2D eigenvalue weighted by atomic mass is 10.1. The van der Waals surface area contributed by atoms with Crippen molar-refractivity contribution in [2.24, 2.45) is 0 Å². The van der Waals surface area contributed by atoms with Crippen molar-refractivity contribution in [3.63, 3.8) is 0 Å². The minimum absolute atomic E-state index is 0.0372. The Kier molecular flexibility index (Phi) is 5.71. The van der Waals surface area contributed by atoms with Crippen LogP contribution in [0.3, 0.4) is 0 Å². The molecule has 1 fully saturated rings. The first-order chi connectivity index (χ1) is 13.7. The summed E-state index contributed by atoms with van der Waals surface area (Å²) in [4.78, 5) is 42.2. The van der Waals surface area contributed by atoms with E-state index in [9.17, 15) is 19.6 Å². The smallest absolute Gasteiger partial charge is 0.247 e. The van der Waals surface area contributed by atoms with Gasteiger partial charge in [-0.25, -0.2) is 9.88 Å². The van der Waals surface area contributed by atoms with E-state index >= 15 is 0 Å². The highest BCUT2D eigenvalue weighted by Gasteiger charge is 2.41. The van der Waals surface area contributed by atoms with Gasteiger partial charge >= 0.3 is 0 Å². The van der Waals surface area contributed by atoms with Crippen LogP contribution in [0.5, 0.6) is 0 Å². The molecule has 7 nitrogen and oxygen atoms in total. The second-order valence-electron chi connectivity index (χ2n) is 6.85. The number of anilines is 2. The lowest BCUT2D eigenvalue weighted by molar-refractivity contribution is -0.121. The summed E-state index contributed by atoms with van der Waals surface area (Å²) < 4.78 is 0. The van der Waals surface area contributed by atoms with Gasteiger partial charge in [0.25, 0.3) is 0 Å². The number of benzene rings is 1. The SMILES string of the molecule is CC(=O)Nc1ccc(N2C(=O)C[C@H](Sc3nc(C)c(C)c(C)c3C#N)C2=O)cc1. The van der Waals surface area contributed by atoms with Gasteiger partial charge in [0.15, 0.2) is 0 Å². The maximum atomic E-state index is 12.9. The third kappa shape index (κ3) is 4.00. The average Bonchev–Trinajstić information content (AvgIpc) is 2.94. The zero-order chi connectivity index (χ0) is 21.3. The molecule has 2 aromatic rings. The maximum Gasteiger partial charge on any atom is 0.247 e. The van der Waals surface area contributed by atoms with Crippen LogP contribution in [0.4, 0.5) is 11.4 Å². The quantitative estimate of drug-likeness (QED) is 0.779. The van der Waals surface area contributed by atoms with E-state index in [2.05, 4.69) is 16.4 Å². The van der Waals surface area contributed by atoms with E-state index < -0.39 is 5.25 Å². The minimum Gasteiger partial charge on any atom is -0.326 e. The molecule has 3 rings (SSSR count). The number of rotatable bonds is 4. The molecule has 1 aromatic heterocycles. The molecule has 148 valence electrons. The molecule has 0 unspecified atom stereocenters. The number of carbonyl (C=O) groups is 3. The van der Waals surface area contributed by atoms with Crippen LogP contribution in [0.2, 0.25) is 0 Å². The van der Waals surface area contributed by atoms with Crippen LogP contribution in [-0.4, -0.2) is 28.0 Å². The van der Waals surface area contributed by atoms with Crippen LogP contribution >= 0.6 is 11.8 Å². The number of thioether (sulfide) groups is 1. The van der Waals surface area contributed by atoms with E-state index in [0.29, 0.717) is 22.0 Å². The molecule has 1 atom stereocenters. The molecule has 3 amide bonds. The van der Waals surface area contributed by atoms with Gasteiger partial charge in [0.2, 0.25) is 17.7 Å². The molecule has 1 aliphatic rings. The van der Waals surface area contributed by atoms with Crippen molar-refractivity contribution in [1.29, 1.82) is 5.26 Å². The summed E-state index contributed by atoms with van der Waals surface area (Å²) in [6, 6.07) is 8.68. The minimum atomic E-state index is -0.640. The number of pyridine rings is 1. The van der Waals surface area contributed by atoms with Crippen molar-refractivity contribution in [3.8, 4) is 6.07 Å². The van der Waals surface area contributed by atoms with Gasteiger partial charge < -0.3 is 5.32 Å². The summed E-state index contributed by atoms with van der Waals surface area (Å²) in [6.07, 6.45) is 0.0372. The Morgan fingerprint density at radius 2 is 1.86 bits per heavy atom. The fourth-order valence-electron chi connectivity index (χ4n) is 3.13. The van der Waals surface area contributed by atoms with Crippen molar-refractivity contribution in [2.45, 2.75) is 44.4 Å². The highest BCUT2D eigenvalue weighted by atomic mass is 32.2. The molecule has 1 aromatic carbocycles. The van der Waals surface area contributed by atoms with E-state index in [0.717, 1.165) is 33.5 Å². The monoisotopic (exact) mass is 408 g/mol. The number of hydrogen-bond acceptors (Lipinski definition) is 6. The molecule has 1 saturated heterocycles. The van der Waals surface area contributed by atoms with Crippen LogP contribution in [0, 0.1) is 32.1 Å². The Labute approximate surface area is 173 Å². The van der Waals surface area contributed by atoms with Crippen molar-refractivity contribution >= 4 is 40.9 Å². The summed E-state index contributed by atoms with van der Waals surface area (Å²) in [5, 5.41) is 12.0. The van der Waals surface area contributed by atoms with E-state index in [1.54, 1.807) is 24.3 Å². The standard InChI is InChI=1S/C21H20N4O3S/c1-11-12(2)17(10-22)20(23-13(11)3)29-18-9-19(27)25(21(18)28)16-7-5-15(6-8-16)24-14(4)26/h5-8,18H,9H2,1-4H3,(H,24,26)/t18-/m0/s1. The molecule has 0 radical (unpaired) electrons. The Morgan fingerprint density at radius 1 is 1.21 bits per heavy atom. The van der Waals surface area contributed by atoms with Crippen molar-refractivity contribution < 1.29 is 14.4 Å². The summed E-state index contributed by atoms with van der Waals surface area (Å²) in [5.41, 5.74) is 4.05. The van der Waals surface area contributed by atoms with Crippen molar-refractivity contribution in [1.82, 2.24) is 4.98 Å². The number of aromatic nitrogens is 1. The molecule has 2 heterocycles. The molecule has 1 aliphatic heterocycles. The Bertz CT molecular complexity index is 1060. The van der Waals surface area contributed by atoms with E-state index in [1.165, 1.54) is 6.92 Å². The lowest BCUT2D eigenvalue weighted by Gasteiger charge is -2.16. The summed E-state index contributed by atoms with van der Waals surface area (Å²) in [6.45, 7) is 7.03. The highest BCUT2D eigenvalue weighted by molar-refractivity contribution is 8.00. The van der Waals surface area contributed by atoms with E-state index in [1.807, 2.05) is 20.8 Å². The zero-order valence-corrected chi connectivity index (χ0v) is 17.4. The molecule has 0 saturated carbocycles. The lowest BCUT2D eigenvalue weighted by Crippen LogP contribution is -2.31. The number of nitriles is 1. The first kappa shape index (κ1) is 20.6. The van der Waals surface area contributed by atoms with Crippen LogP contribution < -0.4 is 10.2 Å². The maximum absolute atomic E-state index is 12.9. The first-order valence-corrected chi connectivity index (χ1v) is 9.90. The van der Waals surface area contributed by atoms with Gasteiger partial charge in [0.1, 0.15) is 11.1 Å². The third-order valence-electron chi connectivity index (χ3n) is 4.88. The number of hydrogen-bond donors (Lipinski definition) is 1. The number of amides is 3. The van der Waals surface area contributed by atoms with Crippen molar-refractivity contribution in [3.05, 3.63) is 46.6 Å². The zero-order valence-electron chi connectivity index (χ0n) is 16.6. The molecule has 0 aliphatic carbocycles. The van der Waals surface area contributed by atoms with Crippen LogP contribution in [0.1, 0.15) is 35.7 Å². The van der Waals surface area contributed by atoms with E-state index in [4.69, 9.17) is 0 Å². The normalized spacial score (nSPS) is 16.1. The highest BCUT2D eigenvalue weighted by Crippen LogP contribution is 2.36. The summed E-state index contributed by atoms with van der Waals surface area (Å²) in [5.74, 6) is -0.847. The van der Waals surface area contributed by atoms with Crippen molar-refractivity contribution in [2.75, 3.05) is 10.2 Å². The average molecular weight is 408 g/mol. The van der Waals surface area contributed by atoms with E-state index in [-0.39, 0.29) is 24.1 Å². The van der Waals surface area contributed by atoms with Crippen LogP contribution in [0.15, 0.2) is 29.3 Å². The first-order valence-electron chi connectivity index (χ1n) is 9.02. The third-order valence-corrected chi connectivity index (χ3v) is 6.05. The molecule has 0 spiro atoms.